The normalized spacial score (nSPS) is 14.8. The van der Waals surface area contributed by atoms with Crippen LogP contribution in [0.5, 0.6) is 0 Å². The molecule has 2 N–H and O–H groups in total. The lowest BCUT2D eigenvalue weighted by Gasteiger charge is -2.28. The van der Waals surface area contributed by atoms with E-state index in [1.54, 1.807) is 19.9 Å². The second kappa shape index (κ2) is 8.34. The van der Waals surface area contributed by atoms with Gasteiger partial charge < -0.3 is 23.7 Å². The van der Waals surface area contributed by atoms with Gasteiger partial charge in [-0.3, -0.25) is 9.36 Å². The van der Waals surface area contributed by atoms with Crippen molar-refractivity contribution in [2.24, 2.45) is 0 Å². The Morgan fingerprint density at radius 1 is 1.38 bits per heavy atom. The zero-order chi connectivity index (χ0) is 15.9. The van der Waals surface area contributed by atoms with E-state index in [0.29, 0.717) is 0 Å². The molecule has 1 aromatic rings. The molecule has 21 heavy (non-hydrogen) atoms. The second-order valence-corrected chi connectivity index (χ2v) is 6.59. The Kier molecular flexibility index (Phi) is 7.11. The van der Waals surface area contributed by atoms with Crippen molar-refractivity contribution in [2.45, 2.75) is 38.5 Å². The fourth-order valence-corrected chi connectivity index (χ4v) is 4.11. The minimum Gasteiger partial charge on any atom is -0.481 e. The fraction of sp³-hybridized carbons (Fsp3) is 0.615. The van der Waals surface area contributed by atoms with E-state index in [9.17, 15) is 14.5 Å². The SMILES string of the molecule is CCOP(=O)(OCC)[C@H](CCC(=O)O)[C@@H](O)c1ccco1. The largest absolute Gasteiger partial charge is 0.481 e. The van der Waals surface area contributed by atoms with Gasteiger partial charge in [0.2, 0.25) is 0 Å². The number of carboxylic acid groups (broad SMARTS) is 1. The standard InChI is InChI=1S/C13H21O7P/c1-3-19-21(17,20-4-2)11(7-8-12(14)15)13(16)10-6-5-9-18-10/h5-6,9,11,13,16H,3-4,7-8H2,1-2H3,(H,14,15)/t11-,13+/m1/s1. The Hall–Kier alpha value is -1.14. The zero-order valence-corrected chi connectivity index (χ0v) is 13.0. The average molecular weight is 320 g/mol. The Balaban J connectivity index is 3.03. The van der Waals surface area contributed by atoms with Crippen molar-refractivity contribution in [3.05, 3.63) is 24.2 Å². The van der Waals surface area contributed by atoms with Gasteiger partial charge in [-0.2, -0.15) is 0 Å². The number of carbonyl (C=O) groups is 1. The van der Waals surface area contributed by atoms with Crippen LogP contribution in [0.3, 0.4) is 0 Å². The molecule has 0 radical (unpaired) electrons. The van der Waals surface area contributed by atoms with Crippen LogP contribution < -0.4 is 0 Å². The van der Waals surface area contributed by atoms with Crippen LogP contribution in [-0.4, -0.2) is 35.1 Å². The van der Waals surface area contributed by atoms with Gasteiger partial charge in [0.25, 0.3) is 0 Å². The van der Waals surface area contributed by atoms with Gasteiger partial charge in [-0.1, -0.05) is 0 Å². The molecule has 7 nitrogen and oxygen atoms in total. The number of furan rings is 1. The lowest BCUT2D eigenvalue weighted by molar-refractivity contribution is -0.137. The van der Waals surface area contributed by atoms with E-state index in [0.717, 1.165) is 0 Å². The van der Waals surface area contributed by atoms with Crippen molar-refractivity contribution in [3.8, 4) is 0 Å². The van der Waals surface area contributed by atoms with Gasteiger partial charge in [0.15, 0.2) is 0 Å². The summed E-state index contributed by atoms with van der Waals surface area (Å²) in [5, 5.41) is 19.2. The Morgan fingerprint density at radius 3 is 2.43 bits per heavy atom. The van der Waals surface area contributed by atoms with Gasteiger partial charge in [-0.25, -0.2) is 0 Å². The molecule has 2 atom stereocenters. The monoisotopic (exact) mass is 320 g/mol. The quantitative estimate of drug-likeness (QED) is 0.638. The van der Waals surface area contributed by atoms with Gasteiger partial charge in [0, 0.05) is 6.42 Å². The molecule has 1 heterocycles. The minimum atomic E-state index is -3.66. The van der Waals surface area contributed by atoms with Crippen LogP contribution in [0.25, 0.3) is 0 Å². The Morgan fingerprint density at radius 2 is 2.00 bits per heavy atom. The molecular weight excluding hydrogens is 299 g/mol. The lowest BCUT2D eigenvalue weighted by atomic mass is 10.1. The third kappa shape index (κ3) is 4.97. The van der Waals surface area contributed by atoms with E-state index in [1.807, 2.05) is 0 Å². The molecular formula is C13H21O7P. The molecule has 0 saturated heterocycles. The first-order chi connectivity index (χ1) is 9.94. The van der Waals surface area contributed by atoms with E-state index in [2.05, 4.69) is 0 Å². The van der Waals surface area contributed by atoms with Gasteiger partial charge in [-0.15, -0.1) is 0 Å². The van der Waals surface area contributed by atoms with Crippen molar-refractivity contribution in [1.82, 2.24) is 0 Å². The van der Waals surface area contributed by atoms with Crippen LogP contribution >= 0.6 is 7.60 Å². The van der Waals surface area contributed by atoms with E-state index < -0.39 is 25.3 Å². The summed E-state index contributed by atoms with van der Waals surface area (Å²) < 4.78 is 28.4. The molecule has 0 bridgehead atoms. The van der Waals surface area contributed by atoms with Crippen molar-refractivity contribution < 1.29 is 33.0 Å². The fourth-order valence-electron chi connectivity index (χ4n) is 2.00. The van der Waals surface area contributed by atoms with Gasteiger partial charge in [0.05, 0.1) is 25.1 Å². The highest BCUT2D eigenvalue weighted by atomic mass is 31.2. The third-order valence-corrected chi connectivity index (χ3v) is 5.47. The number of aliphatic hydroxyl groups excluding tert-OH is 1. The van der Waals surface area contributed by atoms with Crippen LogP contribution in [0.1, 0.15) is 38.6 Å². The second-order valence-electron chi connectivity index (χ2n) is 4.34. The first kappa shape index (κ1) is 17.9. The summed E-state index contributed by atoms with van der Waals surface area (Å²) in [4.78, 5) is 10.8. The van der Waals surface area contributed by atoms with Crippen molar-refractivity contribution >= 4 is 13.6 Å². The highest BCUT2D eigenvalue weighted by Gasteiger charge is 2.42. The van der Waals surface area contributed by atoms with Crippen molar-refractivity contribution in [1.29, 1.82) is 0 Å². The lowest BCUT2D eigenvalue weighted by Crippen LogP contribution is -2.23. The summed E-state index contributed by atoms with van der Waals surface area (Å²) >= 11 is 0. The van der Waals surface area contributed by atoms with E-state index >= 15 is 0 Å². The Bertz CT molecular complexity index is 461. The number of aliphatic hydroxyl groups is 1. The minimum absolute atomic E-state index is 0.0471. The number of hydrogen-bond acceptors (Lipinski definition) is 6. The molecule has 1 rings (SSSR count). The molecule has 0 aliphatic rings. The number of aliphatic carboxylic acids is 1. The summed E-state index contributed by atoms with van der Waals surface area (Å²) in [6, 6.07) is 3.11. The molecule has 1 aromatic heterocycles. The van der Waals surface area contributed by atoms with E-state index in [1.165, 1.54) is 12.3 Å². The maximum atomic E-state index is 12.8. The molecule has 8 heteroatoms. The molecule has 0 aliphatic carbocycles. The highest BCUT2D eigenvalue weighted by molar-refractivity contribution is 7.54. The summed E-state index contributed by atoms with van der Waals surface area (Å²) in [6.07, 6.45) is -0.191. The van der Waals surface area contributed by atoms with Gasteiger partial charge in [-0.05, 0) is 32.4 Å². The van der Waals surface area contributed by atoms with Crippen LogP contribution in [0.4, 0.5) is 0 Å². The molecule has 0 spiro atoms. The predicted molar refractivity (Wildman–Crippen MR) is 75.2 cm³/mol. The summed E-state index contributed by atoms with van der Waals surface area (Å²) in [5.74, 6) is -0.851. The number of rotatable bonds is 10. The first-order valence-electron chi connectivity index (χ1n) is 6.76. The molecule has 0 amide bonds. The topological polar surface area (TPSA) is 106 Å². The molecule has 0 fully saturated rings. The van der Waals surface area contributed by atoms with Crippen molar-refractivity contribution in [2.75, 3.05) is 13.2 Å². The maximum absolute atomic E-state index is 12.8. The summed E-state index contributed by atoms with van der Waals surface area (Å²) in [7, 11) is -3.66. The summed E-state index contributed by atoms with van der Waals surface area (Å²) in [5.41, 5.74) is -1.00. The van der Waals surface area contributed by atoms with Gasteiger partial charge in [0.1, 0.15) is 11.9 Å². The van der Waals surface area contributed by atoms with Crippen molar-refractivity contribution in [3.63, 3.8) is 0 Å². The number of hydrogen-bond donors (Lipinski definition) is 2. The van der Waals surface area contributed by atoms with Crippen LogP contribution in [0.15, 0.2) is 22.8 Å². The van der Waals surface area contributed by atoms with Crippen LogP contribution in [0, 0.1) is 0 Å². The molecule has 0 aliphatic heterocycles. The molecule has 0 unspecified atom stereocenters. The smallest absolute Gasteiger partial charge is 0.336 e. The van der Waals surface area contributed by atoms with E-state index in [-0.39, 0.29) is 31.8 Å². The Labute approximate surface area is 123 Å². The van der Waals surface area contributed by atoms with Gasteiger partial charge >= 0.3 is 13.6 Å². The molecule has 0 saturated carbocycles. The highest BCUT2D eigenvalue weighted by Crippen LogP contribution is 2.58. The first-order valence-corrected chi connectivity index (χ1v) is 8.37. The summed E-state index contributed by atoms with van der Waals surface area (Å²) in [6.45, 7) is 3.57. The third-order valence-electron chi connectivity index (χ3n) is 2.88. The molecule has 120 valence electrons. The number of carboxylic acids is 1. The van der Waals surface area contributed by atoms with Crippen LogP contribution in [0.2, 0.25) is 0 Å². The predicted octanol–water partition coefficient (Wildman–Crippen LogP) is 2.81. The van der Waals surface area contributed by atoms with E-state index in [4.69, 9.17) is 18.6 Å². The average Bonchev–Trinajstić information content (AvgIpc) is 2.92. The molecule has 0 aromatic carbocycles. The zero-order valence-electron chi connectivity index (χ0n) is 12.1. The maximum Gasteiger partial charge on any atom is 0.336 e. The van der Waals surface area contributed by atoms with Crippen LogP contribution in [-0.2, 0) is 18.4 Å².